The number of sulfonamides is 1. The van der Waals surface area contributed by atoms with E-state index in [9.17, 15) is 13.2 Å². The SMILES string of the molecule is CC1CCN(C(=O)CCNS(=O)(=O)c2cccnc2Cl)CC1. The summed E-state index contributed by atoms with van der Waals surface area (Å²) in [5.74, 6) is 0.627. The zero-order valence-electron chi connectivity index (χ0n) is 12.5. The van der Waals surface area contributed by atoms with Gasteiger partial charge in [0, 0.05) is 32.3 Å². The van der Waals surface area contributed by atoms with Gasteiger partial charge in [0.15, 0.2) is 0 Å². The summed E-state index contributed by atoms with van der Waals surface area (Å²) in [4.78, 5) is 17.5. The van der Waals surface area contributed by atoms with Crippen LogP contribution in [0.2, 0.25) is 5.15 Å². The molecule has 1 fully saturated rings. The molecule has 22 heavy (non-hydrogen) atoms. The molecule has 2 rings (SSSR count). The maximum absolute atomic E-state index is 12.1. The van der Waals surface area contributed by atoms with Crippen LogP contribution in [0.5, 0.6) is 0 Å². The van der Waals surface area contributed by atoms with Crippen LogP contribution in [0.25, 0.3) is 0 Å². The van der Waals surface area contributed by atoms with Crippen molar-refractivity contribution in [2.45, 2.75) is 31.1 Å². The van der Waals surface area contributed by atoms with Crippen LogP contribution in [-0.2, 0) is 14.8 Å². The van der Waals surface area contributed by atoms with Gasteiger partial charge in [-0.3, -0.25) is 4.79 Å². The van der Waals surface area contributed by atoms with E-state index in [0.717, 1.165) is 25.9 Å². The fourth-order valence-electron chi connectivity index (χ4n) is 2.36. The molecule has 1 aromatic rings. The number of pyridine rings is 1. The van der Waals surface area contributed by atoms with Gasteiger partial charge in [-0.2, -0.15) is 0 Å². The maximum atomic E-state index is 12.1. The molecule has 122 valence electrons. The van der Waals surface area contributed by atoms with Crippen LogP contribution in [0.1, 0.15) is 26.2 Å². The first-order valence-electron chi connectivity index (χ1n) is 7.28. The molecule has 1 aliphatic heterocycles. The van der Waals surface area contributed by atoms with Gasteiger partial charge in [-0.05, 0) is 30.9 Å². The third-order valence-corrected chi connectivity index (χ3v) is 5.69. The lowest BCUT2D eigenvalue weighted by Crippen LogP contribution is -2.39. The minimum atomic E-state index is -3.74. The van der Waals surface area contributed by atoms with Crippen LogP contribution in [0, 0.1) is 5.92 Å². The number of carbonyl (C=O) groups excluding carboxylic acids is 1. The van der Waals surface area contributed by atoms with Gasteiger partial charge in [0.1, 0.15) is 10.0 Å². The van der Waals surface area contributed by atoms with E-state index in [2.05, 4.69) is 16.6 Å². The number of rotatable bonds is 5. The van der Waals surface area contributed by atoms with Crippen molar-refractivity contribution in [1.82, 2.24) is 14.6 Å². The Morgan fingerprint density at radius 2 is 2.14 bits per heavy atom. The molecule has 1 aliphatic rings. The van der Waals surface area contributed by atoms with Crippen molar-refractivity contribution >= 4 is 27.5 Å². The number of carbonyl (C=O) groups is 1. The van der Waals surface area contributed by atoms with E-state index in [-0.39, 0.29) is 28.9 Å². The smallest absolute Gasteiger partial charge is 0.243 e. The molecule has 0 aliphatic carbocycles. The molecule has 0 radical (unpaired) electrons. The van der Waals surface area contributed by atoms with E-state index < -0.39 is 10.0 Å². The van der Waals surface area contributed by atoms with Crippen LogP contribution >= 0.6 is 11.6 Å². The van der Waals surface area contributed by atoms with Crippen molar-refractivity contribution in [2.24, 2.45) is 5.92 Å². The molecule has 1 aromatic heterocycles. The predicted octanol–water partition coefficient (Wildman–Crippen LogP) is 1.66. The van der Waals surface area contributed by atoms with E-state index in [1.165, 1.54) is 18.3 Å². The second kappa shape index (κ2) is 7.39. The zero-order chi connectivity index (χ0) is 16.2. The Hall–Kier alpha value is -1.18. The topological polar surface area (TPSA) is 79.4 Å². The molecule has 1 amide bonds. The second-order valence-electron chi connectivity index (χ2n) is 5.50. The molecule has 6 nitrogen and oxygen atoms in total. The second-order valence-corrected chi connectivity index (χ2v) is 7.60. The summed E-state index contributed by atoms with van der Waals surface area (Å²) >= 11 is 5.78. The lowest BCUT2D eigenvalue weighted by atomic mass is 9.99. The number of nitrogens with one attached hydrogen (secondary N) is 1. The molecule has 0 unspecified atom stereocenters. The van der Waals surface area contributed by atoms with Crippen LogP contribution in [0.3, 0.4) is 0 Å². The van der Waals surface area contributed by atoms with Crippen LogP contribution in [0.15, 0.2) is 23.2 Å². The minimum Gasteiger partial charge on any atom is -0.343 e. The molecule has 0 bridgehead atoms. The van der Waals surface area contributed by atoms with Crippen molar-refractivity contribution in [3.8, 4) is 0 Å². The fourth-order valence-corrected chi connectivity index (χ4v) is 3.84. The molecular weight excluding hydrogens is 326 g/mol. The number of hydrogen-bond acceptors (Lipinski definition) is 4. The van der Waals surface area contributed by atoms with Crippen LogP contribution in [-0.4, -0.2) is 43.8 Å². The average Bonchev–Trinajstić information content (AvgIpc) is 2.48. The van der Waals surface area contributed by atoms with E-state index in [0.29, 0.717) is 5.92 Å². The first-order chi connectivity index (χ1) is 10.4. The predicted molar refractivity (Wildman–Crippen MR) is 84.0 cm³/mol. The zero-order valence-corrected chi connectivity index (χ0v) is 14.0. The number of amides is 1. The molecule has 0 aromatic carbocycles. The third kappa shape index (κ3) is 4.41. The highest BCUT2D eigenvalue weighted by atomic mass is 35.5. The molecule has 2 heterocycles. The van der Waals surface area contributed by atoms with Gasteiger partial charge in [-0.1, -0.05) is 18.5 Å². The van der Waals surface area contributed by atoms with E-state index in [4.69, 9.17) is 11.6 Å². The standard InChI is InChI=1S/C14H20ClN3O3S/c1-11-5-9-18(10-6-11)13(19)4-8-17-22(20,21)12-3-2-7-16-14(12)15/h2-3,7,11,17H,4-6,8-10H2,1H3. The summed E-state index contributed by atoms with van der Waals surface area (Å²) in [6, 6.07) is 2.88. The molecule has 0 spiro atoms. The Labute approximate surface area is 135 Å². The Kier molecular flexibility index (Phi) is 5.77. The summed E-state index contributed by atoms with van der Waals surface area (Å²) in [6.45, 7) is 3.73. The van der Waals surface area contributed by atoms with Gasteiger partial charge in [-0.25, -0.2) is 18.1 Å². The summed E-state index contributed by atoms with van der Waals surface area (Å²) in [5.41, 5.74) is 0. The quantitative estimate of drug-likeness (QED) is 0.823. The van der Waals surface area contributed by atoms with Crippen molar-refractivity contribution < 1.29 is 13.2 Å². The highest BCUT2D eigenvalue weighted by molar-refractivity contribution is 7.89. The van der Waals surface area contributed by atoms with Crippen molar-refractivity contribution in [3.05, 3.63) is 23.5 Å². The Morgan fingerprint density at radius 1 is 1.45 bits per heavy atom. The minimum absolute atomic E-state index is 0.0214. The third-order valence-electron chi connectivity index (χ3n) is 3.78. The highest BCUT2D eigenvalue weighted by Crippen LogP contribution is 2.18. The largest absolute Gasteiger partial charge is 0.343 e. The average molecular weight is 346 g/mol. The van der Waals surface area contributed by atoms with Gasteiger partial charge >= 0.3 is 0 Å². The normalized spacial score (nSPS) is 16.7. The Balaban J connectivity index is 1.85. The monoisotopic (exact) mass is 345 g/mol. The van der Waals surface area contributed by atoms with Crippen molar-refractivity contribution in [1.29, 1.82) is 0 Å². The Morgan fingerprint density at radius 3 is 2.77 bits per heavy atom. The molecule has 8 heteroatoms. The molecule has 1 N–H and O–H groups in total. The number of nitrogens with zero attached hydrogens (tertiary/aromatic N) is 2. The summed E-state index contributed by atoms with van der Waals surface area (Å²) < 4.78 is 26.6. The number of halogens is 1. The lowest BCUT2D eigenvalue weighted by Gasteiger charge is -2.30. The maximum Gasteiger partial charge on any atom is 0.243 e. The molecule has 1 saturated heterocycles. The van der Waals surface area contributed by atoms with Crippen molar-refractivity contribution in [3.63, 3.8) is 0 Å². The van der Waals surface area contributed by atoms with E-state index >= 15 is 0 Å². The summed E-state index contributed by atoms with van der Waals surface area (Å²) in [7, 11) is -3.74. The van der Waals surface area contributed by atoms with Crippen LogP contribution in [0.4, 0.5) is 0 Å². The first kappa shape index (κ1) is 17.2. The summed E-state index contributed by atoms with van der Waals surface area (Å²) in [6.07, 6.45) is 3.57. The highest BCUT2D eigenvalue weighted by Gasteiger charge is 2.22. The number of piperidine rings is 1. The lowest BCUT2D eigenvalue weighted by molar-refractivity contribution is -0.132. The van der Waals surface area contributed by atoms with Gasteiger partial charge in [0.2, 0.25) is 15.9 Å². The number of hydrogen-bond donors (Lipinski definition) is 1. The number of aromatic nitrogens is 1. The summed E-state index contributed by atoms with van der Waals surface area (Å²) in [5, 5.41) is -0.0775. The molecular formula is C14H20ClN3O3S. The molecule has 0 atom stereocenters. The Bertz CT molecular complexity index is 628. The van der Waals surface area contributed by atoms with Gasteiger partial charge in [-0.15, -0.1) is 0 Å². The van der Waals surface area contributed by atoms with Gasteiger partial charge in [0.05, 0.1) is 0 Å². The van der Waals surface area contributed by atoms with Gasteiger partial charge in [0.25, 0.3) is 0 Å². The number of likely N-dealkylation sites (tertiary alicyclic amines) is 1. The van der Waals surface area contributed by atoms with E-state index in [1.807, 2.05) is 0 Å². The molecule has 0 saturated carbocycles. The van der Waals surface area contributed by atoms with Gasteiger partial charge < -0.3 is 4.90 Å². The van der Waals surface area contributed by atoms with Crippen LogP contribution < -0.4 is 4.72 Å². The first-order valence-corrected chi connectivity index (χ1v) is 9.14. The fraction of sp³-hybridized carbons (Fsp3) is 0.571. The van der Waals surface area contributed by atoms with E-state index in [1.54, 1.807) is 4.90 Å². The van der Waals surface area contributed by atoms with Crippen molar-refractivity contribution in [2.75, 3.05) is 19.6 Å².